The molecule has 7 nitrogen and oxygen atoms in total. The van der Waals surface area contributed by atoms with Gasteiger partial charge in [0, 0.05) is 10.9 Å². The second-order valence-corrected chi connectivity index (χ2v) is 7.25. The highest BCUT2D eigenvalue weighted by Gasteiger charge is 2.11. The van der Waals surface area contributed by atoms with Gasteiger partial charge >= 0.3 is 5.97 Å². The van der Waals surface area contributed by atoms with E-state index < -0.39 is 5.97 Å². The van der Waals surface area contributed by atoms with Gasteiger partial charge in [-0.1, -0.05) is 30.3 Å². The molecule has 1 N–H and O–H groups in total. The Bertz CT molecular complexity index is 1170. The summed E-state index contributed by atoms with van der Waals surface area (Å²) < 4.78 is 15.7. The van der Waals surface area contributed by atoms with E-state index in [2.05, 4.69) is 20.2 Å². The molecule has 0 aliphatic heterocycles. The van der Waals surface area contributed by atoms with Crippen molar-refractivity contribution in [1.29, 1.82) is 0 Å². The van der Waals surface area contributed by atoms with Crippen LogP contribution in [0.2, 0.25) is 0 Å². The number of rotatable bonds is 8. The third-order valence-electron chi connectivity index (χ3n) is 4.26. The molecule has 0 amide bonds. The van der Waals surface area contributed by atoms with Gasteiger partial charge in [-0.25, -0.2) is 9.78 Å². The number of hydrazone groups is 1. The average Bonchev–Trinajstić information content (AvgIpc) is 3.49. The van der Waals surface area contributed by atoms with E-state index >= 15 is 0 Å². The summed E-state index contributed by atoms with van der Waals surface area (Å²) in [4.78, 5) is 15.9. The minimum Gasteiger partial charge on any atom is -0.486 e. The maximum absolute atomic E-state index is 11.4. The number of nitrogens with one attached hydrogen (secondary N) is 1. The van der Waals surface area contributed by atoms with Crippen molar-refractivity contribution in [3.8, 4) is 17.0 Å². The number of furan rings is 1. The fourth-order valence-electron chi connectivity index (χ4n) is 2.70. The first-order valence-corrected chi connectivity index (χ1v) is 10.3. The van der Waals surface area contributed by atoms with Crippen LogP contribution in [0.4, 0.5) is 5.13 Å². The number of hydrogen-bond acceptors (Lipinski definition) is 8. The zero-order chi connectivity index (χ0) is 21.5. The van der Waals surface area contributed by atoms with Crippen LogP contribution in [-0.4, -0.2) is 24.3 Å². The predicted octanol–water partition coefficient (Wildman–Crippen LogP) is 5.21. The summed E-state index contributed by atoms with van der Waals surface area (Å²) in [7, 11) is 1.31. The molecule has 0 unspecified atom stereocenters. The Hall–Kier alpha value is -3.91. The number of methoxy groups -OCH3 is 1. The number of anilines is 1. The van der Waals surface area contributed by atoms with Crippen LogP contribution in [0.3, 0.4) is 0 Å². The van der Waals surface area contributed by atoms with Gasteiger partial charge in [0.15, 0.2) is 0 Å². The molecule has 0 aliphatic rings. The van der Waals surface area contributed by atoms with Crippen LogP contribution in [0.15, 0.2) is 81.6 Å². The molecule has 0 aliphatic carbocycles. The van der Waals surface area contributed by atoms with E-state index in [1.54, 1.807) is 18.3 Å². The summed E-state index contributed by atoms with van der Waals surface area (Å²) in [6.45, 7) is 0.208. The Labute approximate surface area is 183 Å². The van der Waals surface area contributed by atoms with Crippen LogP contribution in [-0.2, 0) is 11.3 Å². The van der Waals surface area contributed by atoms with Gasteiger partial charge in [-0.05, 0) is 42.0 Å². The topological polar surface area (TPSA) is 86.0 Å². The lowest BCUT2D eigenvalue weighted by Gasteiger charge is -2.04. The highest BCUT2D eigenvalue weighted by atomic mass is 32.1. The molecule has 0 radical (unpaired) electrons. The molecule has 2 heterocycles. The number of hydrogen-bond donors (Lipinski definition) is 1. The minimum atomic E-state index is -0.516. The third kappa shape index (κ3) is 5.37. The van der Waals surface area contributed by atoms with E-state index in [0.717, 1.165) is 22.0 Å². The van der Waals surface area contributed by atoms with Crippen LogP contribution in [0, 0.1) is 0 Å². The Morgan fingerprint density at radius 3 is 2.71 bits per heavy atom. The molecular formula is C23H19N3O4S. The zero-order valence-electron chi connectivity index (χ0n) is 16.6. The van der Waals surface area contributed by atoms with Crippen molar-refractivity contribution in [3.63, 3.8) is 0 Å². The van der Waals surface area contributed by atoms with E-state index in [-0.39, 0.29) is 12.4 Å². The van der Waals surface area contributed by atoms with Crippen LogP contribution >= 0.6 is 11.3 Å². The molecule has 8 heteroatoms. The quantitative estimate of drug-likeness (QED) is 0.233. The predicted molar refractivity (Wildman–Crippen MR) is 120 cm³/mol. The van der Waals surface area contributed by atoms with Crippen molar-refractivity contribution in [2.45, 2.75) is 6.61 Å². The summed E-state index contributed by atoms with van der Waals surface area (Å²) >= 11 is 1.50. The van der Waals surface area contributed by atoms with Crippen LogP contribution in [0.1, 0.15) is 21.9 Å². The summed E-state index contributed by atoms with van der Waals surface area (Å²) in [5.74, 6) is 0.843. The summed E-state index contributed by atoms with van der Waals surface area (Å²) in [6.07, 6.45) is 1.71. The van der Waals surface area contributed by atoms with Crippen molar-refractivity contribution in [3.05, 3.63) is 89.2 Å². The highest BCUT2D eigenvalue weighted by Crippen LogP contribution is 2.24. The third-order valence-corrected chi connectivity index (χ3v) is 5.00. The van der Waals surface area contributed by atoms with Crippen LogP contribution < -0.4 is 10.2 Å². The molecule has 0 spiro atoms. The van der Waals surface area contributed by atoms with Crippen molar-refractivity contribution in [1.82, 2.24) is 4.98 Å². The molecule has 4 aromatic rings. The molecular weight excluding hydrogens is 414 g/mol. The molecule has 0 atom stereocenters. The molecule has 0 fully saturated rings. The van der Waals surface area contributed by atoms with E-state index in [1.807, 2.05) is 60.0 Å². The van der Waals surface area contributed by atoms with Gasteiger partial charge in [0.25, 0.3) is 0 Å². The number of benzene rings is 2. The smallest absolute Gasteiger partial charge is 0.373 e. The number of esters is 1. The van der Waals surface area contributed by atoms with Crippen molar-refractivity contribution in [2.24, 2.45) is 5.10 Å². The normalized spacial score (nSPS) is 10.9. The Kier molecular flexibility index (Phi) is 6.39. The van der Waals surface area contributed by atoms with E-state index in [1.165, 1.54) is 18.4 Å². The molecule has 0 saturated carbocycles. The molecule has 4 rings (SSSR count). The van der Waals surface area contributed by atoms with E-state index in [9.17, 15) is 4.79 Å². The first-order chi connectivity index (χ1) is 15.2. The molecule has 2 aromatic carbocycles. The van der Waals surface area contributed by atoms with Gasteiger partial charge in [0.05, 0.1) is 19.0 Å². The lowest BCUT2D eigenvalue weighted by molar-refractivity contribution is 0.0561. The summed E-state index contributed by atoms with van der Waals surface area (Å²) in [5, 5.41) is 6.96. The summed E-state index contributed by atoms with van der Waals surface area (Å²) in [5.41, 5.74) is 5.85. The van der Waals surface area contributed by atoms with Crippen molar-refractivity contribution >= 4 is 28.7 Å². The Balaban J connectivity index is 1.28. The molecule has 2 aromatic heterocycles. The first-order valence-electron chi connectivity index (χ1n) is 9.41. The minimum absolute atomic E-state index is 0.149. The first kappa shape index (κ1) is 20.4. The van der Waals surface area contributed by atoms with Crippen molar-refractivity contribution in [2.75, 3.05) is 12.5 Å². The molecule has 0 bridgehead atoms. The van der Waals surface area contributed by atoms with E-state index in [4.69, 9.17) is 9.15 Å². The van der Waals surface area contributed by atoms with Gasteiger partial charge < -0.3 is 13.9 Å². The fraction of sp³-hybridized carbons (Fsp3) is 0.0870. The van der Waals surface area contributed by atoms with Gasteiger partial charge in [-0.15, -0.1) is 11.3 Å². The van der Waals surface area contributed by atoms with Crippen molar-refractivity contribution < 1.29 is 18.7 Å². The Morgan fingerprint density at radius 2 is 1.94 bits per heavy atom. The molecule has 31 heavy (non-hydrogen) atoms. The van der Waals surface area contributed by atoms with E-state index in [0.29, 0.717) is 11.5 Å². The van der Waals surface area contributed by atoms with Gasteiger partial charge in [-0.2, -0.15) is 5.10 Å². The standard InChI is InChI=1S/C23H19N3O4S/c1-28-22(27)21-12-11-19(30-21)14-29-18-9-7-16(8-10-18)13-24-26-23-25-20(15-31-23)17-5-3-2-4-6-17/h2-13,15H,14H2,1H3,(H,25,26). The lowest BCUT2D eigenvalue weighted by atomic mass is 10.2. The van der Waals surface area contributed by atoms with Gasteiger partial charge in [0.1, 0.15) is 18.1 Å². The number of nitrogens with zero attached hydrogens (tertiary/aromatic N) is 2. The number of thiazole rings is 1. The number of carbonyl (C=O) groups is 1. The van der Waals surface area contributed by atoms with Crippen LogP contribution in [0.25, 0.3) is 11.3 Å². The molecule has 156 valence electrons. The number of aromatic nitrogens is 1. The monoisotopic (exact) mass is 433 g/mol. The van der Waals surface area contributed by atoms with Gasteiger partial charge in [0.2, 0.25) is 10.9 Å². The van der Waals surface area contributed by atoms with Gasteiger partial charge in [-0.3, -0.25) is 5.43 Å². The van der Waals surface area contributed by atoms with Crippen LogP contribution in [0.5, 0.6) is 5.75 Å². The number of carbonyl (C=O) groups excluding carboxylic acids is 1. The zero-order valence-corrected chi connectivity index (χ0v) is 17.5. The SMILES string of the molecule is COC(=O)c1ccc(COc2ccc(C=NNc3nc(-c4ccccc4)cs3)cc2)o1. The maximum atomic E-state index is 11.4. The number of ether oxygens (including phenoxy) is 2. The Morgan fingerprint density at radius 1 is 1.13 bits per heavy atom. The second kappa shape index (κ2) is 9.73. The molecule has 0 saturated heterocycles. The maximum Gasteiger partial charge on any atom is 0.373 e. The average molecular weight is 433 g/mol. The summed E-state index contributed by atoms with van der Waals surface area (Å²) in [6, 6.07) is 20.7. The lowest BCUT2D eigenvalue weighted by Crippen LogP contribution is -1.99. The fourth-order valence-corrected chi connectivity index (χ4v) is 3.37. The highest BCUT2D eigenvalue weighted by molar-refractivity contribution is 7.14. The second-order valence-electron chi connectivity index (χ2n) is 6.39. The largest absolute Gasteiger partial charge is 0.486 e.